The Morgan fingerprint density at radius 2 is 1.77 bits per heavy atom. The molecule has 3 heterocycles. The first kappa shape index (κ1) is 36.8. The molecular formula is C34H33ClF6N8O3. The molecule has 0 unspecified atom stereocenters. The lowest BCUT2D eigenvalue weighted by Crippen LogP contribution is -2.47. The van der Waals surface area contributed by atoms with Crippen LogP contribution >= 0.6 is 11.6 Å². The van der Waals surface area contributed by atoms with Crippen molar-refractivity contribution in [2.75, 3.05) is 6.61 Å². The number of benzene rings is 2. The van der Waals surface area contributed by atoms with Crippen molar-refractivity contribution in [1.29, 1.82) is 0 Å². The third-order valence-corrected chi connectivity index (χ3v) is 9.16. The Hall–Kier alpha value is -4.93. The zero-order chi connectivity index (χ0) is 37.7. The number of nitrogens with two attached hydrogens (primary N) is 1. The number of alkyl halides is 6. The average Bonchev–Trinajstić information content (AvgIpc) is 3.53. The fourth-order valence-electron chi connectivity index (χ4n) is 6.33. The quantitative estimate of drug-likeness (QED) is 0.119. The summed E-state index contributed by atoms with van der Waals surface area (Å²) in [6.07, 6.45) is -0.519. The molecule has 2 N–H and O–H groups in total. The summed E-state index contributed by atoms with van der Waals surface area (Å²) in [5.74, 6) is -6.69. The second-order valence-electron chi connectivity index (χ2n) is 13.9. The summed E-state index contributed by atoms with van der Waals surface area (Å²) in [5, 5.41) is 7.55. The summed E-state index contributed by atoms with van der Waals surface area (Å²) in [6, 6.07) is 9.47. The van der Waals surface area contributed by atoms with Gasteiger partial charge < -0.3 is 10.5 Å². The Labute approximate surface area is 298 Å². The summed E-state index contributed by atoms with van der Waals surface area (Å²) in [7, 11) is 0. The van der Waals surface area contributed by atoms with Crippen molar-refractivity contribution in [3.63, 3.8) is 0 Å². The third kappa shape index (κ3) is 7.22. The number of nitrogens with zero attached hydrogens (tertiary/aromatic N) is 7. The minimum Gasteiger partial charge on any atom is -0.463 e. The molecule has 1 fully saturated rings. The molecule has 0 saturated heterocycles. The van der Waals surface area contributed by atoms with E-state index >= 15 is 0 Å². The minimum absolute atomic E-state index is 0.00138. The second-order valence-corrected chi connectivity index (χ2v) is 14.3. The average molecular weight is 751 g/mol. The number of aliphatic imine (C=N–C) groups is 1. The Balaban J connectivity index is 1.39. The van der Waals surface area contributed by atoms with Crippen molar-refractivity contribution < 1.29 is 40.7 Å². The van der Waals surface area contributed by atoms with Gasteiger partial charge in [-0.25, -0.2) is 36.9 Å². The Morgan fingerprint density at radius 1 is 1.08 bits per heavy atom. The van der Waals surface area contributed by atoms with E-state index in [2.05, 4.69) is 15.2 Å². The minimum atomic E-state index is -3.02. The van der Waals surface area contributed by atoms with E-state index in [1.807, 2.05) is 20.8 Å². The zero-order valence-corrected chi connectivity index (χ0v) is 28.7. The number of esters is 1. The molecule has 18 heteroatoms. The molecule has 2 aromatic carbocycles. The van der Waals surface area contributed by atoms with E-state index in [1.165, 1.54) is 30.6 Å². The van der Waals surface area contributed by atoms with Gasteiger partial charge >= 0.3 is 12.5 Å². The predicted octanol–water partition coefficient (Wildman–Crippen LogP) is 7.24. The van der Waals surface area contributed by atoms with E-state index in [9.17, 15) is 35.9 Å². The number of carbonyl (C=O) groups is 2. The lowest BCUT2D eigenvalue weighted by Gasteiger charge is -2.35. The van der Waals surface area contributed by atoms with Gasteiger partial charge in [-0.15, -0.1) is 0 Å². The van der Waals surface area contributed by atoms with Gasteiger partial charge in [0.25, 0.3) is 18.3 Å². The van der Waals surface area contributed by atoms with Gasteiger partial charge in [-0.3, -0.25) is 14.5 Å². The molecule has 1 saturated carbocycles. The van der Waals surface area contributed by atoms with Gasteiger partial charge in [0, 0.05) is 24.1 Å². The lowest BCUT2D eigenvalue weighted by atomic mass is 9.75. The summed E-state index contributed by atoms with van der Waals surface area (Å²) in [4.78, 5) is 37.0. The number of rotatable bonds is 12. The molecule has 11 nitrogen and oxygen atoms in total. The zero-order valence-electron chi connectivity index (χ0n) is 28.0. The Kier molecular flexibility index (Phi) is 9.61. The van der Waals surface area contributed by atoms with Crippen LogP contribution in [0, 0.1) is 11.3 Å². The monoisotopic (exact) mass is 750 g/mol. The van der Waals surface area contributed by atoms with E-state index in [0.29, 0.717) is 21.4 Å². The van der Waals surface area contributed by atoms with Crippen LogP contribution in [-0.2, 0) is 19.9 Å². The van der Waals surface area contributed by atoms with Gasteiger partial charge in [0.1, 0.15) is 12.9 Å². The first-order chi connectivity index (χ1) is 24.4. The molecule has 2 aromatic heterocycles. The SMILES string of the molecule is CC(C)(C)C[C@]1(c2ccc(-c3cnn(C(F)F)c3)cc2)N=C(N)N([C@H](COC(=O)C[C@@H]2CC2(F)F)c2ccc(Cl)c(-n3ncnc3C(F)F)c2)C1=O. The number of carbonyl (C=O) groups excluding carboxylic acids is 2. The molecule has 1 aliphatic carbocycles. The Morgan fingerprint density at radius 3 is 2.37 bits per heavy atom. The van der Waals surface area contributed by atoms with Gasteiger partial charge in [0.2, 0.25) is 0 Å². The van der Waals surface area contributed by atoms with Crippen molar-refractivity contribution in [3.05, 3.63) is 83.2 Å². The summed E-state index contributed by atoms with van der Waals surface area (Å²) in [5.41, 5.74) is 5.91. The maximum atomic E-state index is 14.8. The van der Waals surface area contributed by atoms with E-state index in [4.69, 9.17) is 27.1 Å². The maximum absolute atomic E-state index is 14.8. The van der Waals surface area contributed by atoms with Gasteiger partial charge in [-0.2, -0.15) is 19.0 Å². The van der Waals surface area contributed by atoms with Crippen LogP contribution in [0.1, 0.15) is 76.0 Å². The fourth-order valence-corrected chi connectivity index (χ4v) is 6.53. The van der Waals surface area contributed by atoms with Gasteiger partial charge in [0.15, 0.2) is 17.3 Å². The summed E-state index contributed by atoms with van der Waals surface area (Å²) >= 11 is 6.42. The number of halogens is 7. The molecule has 2 aliphatic rings. The summed E-state index contributed by atoms with van der Waals surface area (Å²) < 4.78 is 87.9. The molecule has 1 amide bonds. The highest BCUT2D eigenvalue weighted by molar-refractivity contribution is 6.32. The van der Waals surface area contributed by atoms with E-state index in [1.54, 1.807) is 24.3 Å². The number of ether oxygens (including phenoxy) is 1. The van der Waals surface area contributed by atoms with Crippen molar-refractivity contribution in [2.45, 2.75) is 70.5 Å². The van der Waals surface area contributed by atoms with E-state index in [0.717, 1.165) is 15.9 Å². The Bertz CT molecular complexity index is 2010. The molecule has 4 aromatic rings. The molecule has 0 spiro atoms. The molecule has 3 atom stereocenters. The van der Waals surface area contributed by atoms with Crippen LogP contribution in [-0.4, -0.2) is 59.8 Å². The van der Waals surface area contributed by atoms with Crippen LogP contribution in [0.3, 0.4) is 0 Å². The van der Waals surface area contributed by atoms with Crippen LogP contribution in [0.25, 0.3) is 16.8 Å². The molecule has 276 valence electrons. The summed E-state index contributed by atoms with van der Waals surface area (Å²) in [6.45, 7) is 2.27. The van der Waals surface area contributed by atoms with Crippen molar-refractivity contribution in [3.8, 4) is 16.8 Å². The topological polar surface area (TPSA) is 134 Å². The maximum Gasteiger partial charge on any atom is 0.333 e. The van der Waals surface area contributed by atoms with Crippen LogP contribution in [0.2, 0.25) is 5.02 Å². The molecule has 6 rings (SSSR count). The van der Waals surface area contributed by atoms with Crippen molar-refractivity contribution in [1.82, 2.24) is 29.4 Å². The number of guanidine groups is 1. The lowest BCUT2D eigenvalue weighted by molar-refractivity contribution is -0.148. The fraction of sp³-hybridized carbons (Fsp3) is 0.412. The van der Waals surface area contributed by atoms with Crippen LogP contribution in [0.4, 0.5) is 26.3 Å². The van der Waals surface area contributed by atoms with E-state index < -0.39 is 79.0 Å². The highest BCUT2D eigenvalue weighted by Crippen LogP contribution is 2.51. The van der Waals surface area contributed by atoms with Crippen molar-refractivity contribution >= 4 is 29.4 Å². The number of hydrogen-bond donors (Lipinski definition) is 1. The number of amides is 1. The molecule has 0 bridgehead atoms. The van der Waals surface area contributed by atoms with Gasteiger partial charge in [0.05, 0.1) is 29.4 Å². The van der Waals surface area contributed by atoms with Gasteiger partial charge in [-0.1, -0.05) is 62.7 Å². The smallest absolute Gasteiger partial charge is 0.333 e. The standard InChI is InChI=1S/C34H33ClF6N8O3/c1-32(2,3)16-33(21-7-4-18(5-8-21)20-13-44-47(14-20)30(38)39)29(51)48(31(42)46-33)25(15-52-26(50)11-22-12-34(22,40)41)19-6-9-23(35)24(10-19)49-28(27(36)37)43-17-45-49/h4-10,13-14,17,22,25,27,30H,11-12,15-16H2,1-3H3,(H2,42,46)/t22-,25-,33-/m1/s1. The molecular weight excluding hydrogens is 718 g/mol. The first-order valence-electron chi connectivity index (χ1n) is 16.0. The number of hydrogen-bond acceptors (Lipinski definition) is 8. The predicted molar refractivity (Wildman–Crippen MR) is 176 cm³/mol. The molecule has 1 aliphatic heterocycles. The largest absolute Gasteiger partial charge is 0.463 e. The van der Waals surface area contributed by atoms with Crippen LogP contribution in [0.15, 0.2) is 66.2 Å². The first-order valence-corrected chi connectivity index (χ1v) is 16.4. The molecule has 52 heavy (non-hydrogen) atoms. The molecule has 0 radical (unpaired) electrons. The highest BCUT2D eigenvalue weighted by Gasteiger charge is 2.58. The van der Waals surface area contributed by atoms with E-state index in [-0.39, 0.29) is 28.7 Å². The normalized spacial score (nSPS) is 20.5. The third-order valence-electron chi connectivity index (χ3n) is 8.84. The van der Waals surface area contributed by atoms with Crippen molar-refractivity contribution in [2.24, 2.45) is 22.1 Å². The van der Waals surface area contributed by atoms with Crippen LogP contribution in [0.5, 0.6) is 0 Å². The highest BCUT2D eigenvalue weighted by atomic mass is 35.5. The van der Waals surface area contributed by atoms with Crippen LogP contribution < -0.4 is 5.73 Å². The second kappa shape index (κ2) is 13.6. The van der Waals surface area contributed by atoms with Gasteiger partial charge in [-0.05, 0) is 40.7 Å². The number of aromatic nitrogens is 5.